The second-order valence-corrected chi connectivity index (χ2v) is 5.99. The molecule has 24 heavy (non-hydrogen) atoms. The van der Waals surface area contributed by atoms with E-state index in [1.807, 2.05) is 38.2 Å². The maximum absolute atomic E-state index is 12.4. The monoisotopic (exact) mass is 333 g/mol. The molecule has 1 aromatic rings. The van der Waals surface area contributed by atoms with Gasteiger partial charge in [0.25, 0.3) is 0 Å². The number of carbonyl (C=O) groups excluding carboxylic acids is 2. The smallest absolute Gasteiger partial charge is 0.227 e. The number of carbonyl (C=O) groups is 2. The normalized spacial score (nSPS) is 17.4. The summed E-state index contributed by atoms with van der Waals surface area (Å²) >= 11 is 0. The molecule has 0 bridgehead atoms. The predicted molar refractivity (Wildman–Crippen MR) is 94.3 cm³/mol. The van der Waals surface area contributed by atoms with Gasteiger partial charge in [0.2, 0.25) is 11.8 Å². The zero-order valence-corrected chi connectivity index (χ0v) is 14.7. The number of anilines is 1. The van der Waals surface area contributed by atoms with Crippen LogP contribution in [0.4, 0.5) is 5.69 Å². The zero-order chi connectivity index (χ0) is 17.5. The number of amides is 2. The molecule has 6 nitrogen and oxygen atoms in total. The molecular weight excluding hydrogens is 306 g/mol. The van der Waals surface area contributed by atoms with E-state index < -0.39 is 0 Å². The summed E-state index contributed by atoms with van der Waals surface area (Å²) in [5, 5.41) is 2.93. The molecule has 1 saturated heterocycles. The van der Waals surface area contributed by atoms with E-state index >= 15 is 0 Å². The molecule has 6 heteroatoms. The van der Waals surface area contributed by atoms with Crippen molar-refractivity contribution >= 4 is 17.5 Å². The molecule has 1 aliphatic rings. The van der Waals surface area contributed by atoms with E-state index in [4.69, 9.17) is 4.74 Å². The molecule has 1 fully saturated rings. The van der Waals surface area contributed by atoms with Crippen molar-refractivity contribution in [1.82, 2.24) is 10.2 Å². The fourth-order valence-electron chi connectivity index (χ4n) is 2.75. The molecule has 1 aliphatic heterocycles. The van der Waals surface area contributed by atoms with Crippen LogP contribution >= 0.6 is 0 Å². The lowest BCUT2D eigenvalue weighted by atomic mass is 10.1. The Labute approximate surface area is 143 Å². The fourth-order valence-corrected chi connectivity index (χ4v) is 2.75. The average Bonchev–Trinajstić information content (AvgIpc) is 2.97. The van der Waals surface area contributed by atoms with Crippen LogP contribution in [-0.2, 0) is 9.59 Å². The fraction of sp³-hybridized carbons (Fsp3) is 0.556. The van der Waals surface area contributed by atoms with Crippen molar-refractivity contribution in [3.8, 4) is 5.75 Å². The van der Waals surface area contributed by atoms with Crippen molar-refractivity contribution in [2.24, 2.45) is 5.92 Å². The summed E-state index contributed by atoms with van der Waals surface area (Å²) in [7, 11) is 2.01. The maximum Gasteiger partial charge on any atom is 0.227 e. The Bertz CT molecular complexity index is 576. The highest BCUT2D eigenvalue weighted by molar-refractivity contribution is 6.01. The van der Waals surface area contributed by atoms with Crippen LogP contribution in [0.25, 0.3) is 0 Å². The highest BCUT2D eigenvalue weighted by Crippen LogP contribution is 2.33. The third-order valence-electron chi connectivity index (χ3n) is 4.28. The Hall–Kier alpha value is -2.08. The Morgan fingerprint density at radius 1 is 1.38 bits per heavy atom. The van der Waals surface area contributed by atoms with Gasteiger partial charge in [0, 0.05) is 26.1 Å². The van der Waals surface area contributed by atoms with E-state index in [0.717, 1.165) is 18.8 Å². The van der Waals surface area contributed by atoms with Gasteiger partial charge < -0.3 is 19.9 Å². The standard InChI is InChI=1S/C18H27N3O3/c1-4-20(3)11-10-19-18(23)14-12-17(22)21(13-14)15-8-6-7-9-16(15)24-5-2/h6-9,14H,4-5,10-13H2,1-3H3,(H,19,23)/t14-/m0/s1. The van der Waals surface area contributed by atoms with Crippen LogP contribution in [-0.4, -0.2) is 56.5 Å². The molecule has 1 heterocycles. The number of ether oxygens (including phenoxy) is 1. The Morgan fingerprint density at radius 2 is 2.12 bits per heavy atom. The molecule has 0 spiro atoms. The van der Waals surface area contributed by atoms with Crippen molar-refractivity contribution in [1.29, 1.82) is 0 Å². The minimum Gasteiger partial charge on any atom is -0.492 e. The van der Waals surface area contributed by atoms with Gasteiger partial charge >= 0.3 is 0 Å². The van der Waals surface area contributed by atoms with Gasteiger partial charge in [-0.25, -0.2) is 0 Å². The van der Waals surface area contributed by atoms with Crippen LogP contribution in [0.15, 0.2) is 24.3 Å². The Morgan fingerprint density at radius 3 is 2.83 bits per heavy atom. The third-order valence-corrected chi connectivity index (χ3v) is 4.28. The second-order valence-electron chi connectivity index (χ2n) is 5.99. The van der Waals surface area contributed by atoms with Crippen molar-refractivity contribution in [2.75, 3.05) is 44.7 Å². The minimum absolute atomic E-state index is 0.0343. The van der Waals surface area contributed by atoms with Gasteiger partial charge in [0.05, 0.1) is 18.2 Å². The molecule has 0 radical (unpaired) electrons. The molecule has 0 aromatic heterocycles. The lowest BCUT2D eigenvalue weighted by Gasteiger charge is -2.20. The summed E-state index contributed by atoms with van der Waals surface area (Å²) in [6, 6.07) is 7.46. The van der Waals surface area contributed by atoms with E-state index in [-0.39, 0.29) is 24.2 Å². The molecule has 132 valence electrons. The summed E-state index contributed by atoms with van der Waals surface area (Å²) in [4.78, 5) is 28.5. The van der Waals surface area contributed by atoms with Crippen molar-refractivity contribution in [3.05, 3.63) is 24.3 Å². The predicted octanol–water partition coefficient (Wildman–Crippen LogP) is 1.51. The van der Waals surface area contributed by atoms with Crippen molar-refractivity contribution < 1.29 is 14.3 Å². The Kier molecular flexibility index (Phi) is 6.61. The number of nitrogens with one attached hydrogen (secondary N) is 1. The molecule has 1 aromatic carbocycles. The molecule has 1 atom stereocenters. The molecule has 0 aliphatic carbocycles. The summed E-state index contributed by atoms with van der Waals surface area (Å²) in [5.74, 6) is 0.287. The first-order chi connectivity index (χ1) is 11.6. The van der Waals surface area contributed by atoms with Crippen LogP contribution in [0.5, 0.6) is 5.75 Å². The molecule has 2 amide bonds. The first kappa shape index (κ1) is 18.3. The van der Waals surface area contributed by atoms with Crippen LogP contribution in [0, 0.1) is 5.92 Å². The number of hydrogen-bond acceptors (Lipinski definition) is 4. The van der Waals surface area contributed by atoms with Crippen molar-refractivity contribution in [2.45, 2.75) is 20.3 Å². The van der Waals surface area contributed by atoms with Gasteiger partial charge in [-0.1, -0.05) is 19.1 Å². The van der Waals surface area contributed by atoms with Gasteiger partial charge in [0.15, 0.2) is 0 Å². The zero-order valence-electron chi connectivity index (χ0n) is 14.7. The quantitative estimate of drug-likeness (QED) is 0.783. The topological polar surface area (TPSA) is 61.9 Å². The van der Waals surface area contributed by atoms with Gasteiger partial charge in [0.1, 0.15) is 5.75 Å². The summed E-state index contributed by atoms with van der Waals surface area (Å²) in [6.07, 6.45) is 0.246. The van der Waals surface area contributed by atoms with Crippen LogP contribution in [0.1, 0.15) is 20.3 Å². The highest BCUT2D eigenvalue weighted by Gasteiger charge is 2.36. The first-order valence-corrected chi connectivity index (χ1v) is 8.55. The third kappa shape index (κ3) is 4.47. The summed E-state index contributed by atoms with van der Waals surface area (Å²) in [5.41, 5.74) is 0.741. The number of rotatable bonds is 8. The van der Waals surface area contributed by atoms with Crippen molar-refractivity contribution in [3.63, 3.8) is 0 Å². The van der Waals surface area contributed by atoms with Gasteiger partial charge in [-0.05, 0) is 32.6 Å². The number of likely N-dealkylation sites (N-methyl/N-ethyl adjacent to an activating group) is 1. The number of hydrogen-bond donors (Lipinski definition) is 1. The molecule has 1 N–H and O–H groups in total. The van der Waals surface area contributed by atoms with Crippen LogP contribution in [0.3, 0.4) is 0 Å². The molecule has 0 saturated carbocycles. The lowest BCUT2D eigenvalue weighted by Crippen LogP contribution is -2.37. The van der Waals surface area contributed by atoms with E-state index in [0.29, 0.717) is 25.4 Å². The highest BCUT2D eigenvalue weighted by atomic mass is 16.5. The van der Waals surface area contributed by atoms with Gasteiger partial charge in [-0.2, -0.15) is 0 Å². The van der Waals surface area contributed by atoms with Crippen LogP contribution < -0.4 is 15.0 Å². The maximum atomic E-state index is 12.4. The number of nitrogens with zero attached hydrogens (tertiary/aromatic N) is 2. The Balaban J connectivity index is 1.97. The van der Waals surface area contributed by atoms with E-state index in [2.05, 4.69) is 17.1 Å². The molecular formula is C18H27N3O3. The largest absolute Gasteiger partial charge is 0.492 e. The van der Waals surface area contributed by atoms with E-state index in [1.165, 1.54) is 0 Å². The van der Waals surface area contributed by atoms with Gasteiger partial charge in [-0.3, -0.25) is 9.59 Å². The van der Waals surface area contributed by atoms with Gasteiger partial charge in [-0.15, -0.1) is 0 Å². The summed E-state index contributed by atoms with van der Waals surface area (Å²) < 4.78 is 5.60. The molecule has 2 rings (SSSR count). The lowest BCUT2D eigenvalue weighted by molar-refractivity contribution is -0.126. The summed E-state index contributed by atoms with van der Waals surface area (Å²) in [6.45, 7) is 7.27. The van der Waals surface area contributed by atoms with E-state index in [9.17, 15) is 9.59 Å². The SMILES string of the molecule is CCOc1ccccc1N1C[C@@H](C(=O)NCCN(C)CC)CC1=O. The van der Waals surface area contributed by atoms with Crippen LogP contribution in [0.2, 0.25) is 0 Å². The number of para-hydroxylation sites is 2. The first-order valence-electron chi connectivity index (χ1n) is 8.55. The number of benzene rings is 1. The minimum atomic E-state index is -0.306. The average molecular weight is 333 g/mol. The van der Waals surface area contributed by atoms with E-state index in [1.54, 1.807) is 4.90 Å². The molecule has 0 unspecified atom stereocenters. The second kappa shape index (κ2) is 8.68.